The van der Waals surface area contributed by atoms with Crippen LogP contribution >= 0.6 is 23.2 Å². The van der Waals surface area contributed by atoms with E-state index >= 15 is 0 Å². The van der Waals surface area contributed by atoms with Crippen LogP contribution in [0, 0.1) is 0 Å². The number of halogens is 2. The third-order valence-electron chi connectivity index (χ3n) is 7.78. The highest BCUT2D eigenvalue weighted by molar-refractivity contribution is 6.49. The molecule has 214 valence electrons. The van der Waals surface area contributed by atoms with Gasteiger partial charge in [0.2, 0.25) is 0 Å². The molecule has 2 aliphatic rings. The van der Waals surface area contributed by atoms with E-state index in [4.69, 9.17) is 34.7 Å². The highest BCUT2D eigenvalue weighted by atomic mass is 35.5. The maximum Gasteiger partial charge on any atom is 0.266 e. The summed E-state index contributed by atoms with van der Waals surface area (Å²) in [6, 6.07) is 27.0. The lowest BCUT2D eigenvalue weighted by molar-refractivity contribution is 0.0909. The van der Waals surface area contributed by atoms with Gasteiger partial charge in [0, 0.05) is 11.4 Å². The zero-order valence-corrected chi connectivity index (χ0v) is 24.2. The first-order valence-electron chi connectivity index (χ1n) is 13.4. The molecule has 0 spiro atoms. The van der Waals surface area contributed by atoms with Crippen molar-refractivity contribution in [1.82, 2.24) is 0 Å². The van der Waals surface area contributed by atoms with E-state index in [0.29, 0.717) is 11.4 Å². The molecule has 8 nitrogen and oxygen atoms in total. The molecule has 10 heteroatoms. The Kier molecular flexibility index (Phi) is 6.28. The summed E-state index contributed by atoms with van der Waals surface area (Å²) in [5.74, 6) is -2.31. The van der Waals surface area contributed by atoms with Gasteiger partial charge in [0.1, 0.15) is 0 Å². The van der Waals surface area contributed by atoms with Gasteiger partial charge in [-0.1, -0.05) is 59.6 Å². The summed E-state index contributed by atoms with van der Waals surface area (Å²) in [7, 11) is 0. The third-order valence-corrected chi connectivity index (χ3v) is 8.65. The standard InChI is InChI=1S/C34H20Cl2N4O4/c35-29-27(39-31(41)23-11-5-19(15-25(23)33(39)43)17-1-7-21(37)8-2-17)13-14-28(30(29)36)40-32(42)24-12-6-20(16-26(24)34(40)44)18-3-9-22(38)10-4-18/h1-16H,37-38H2. The van der Waals surface area contributed by atoms with Gasteiger partial charge in [-0.25, -0.2) is 9.80 Å². The average molecular weight is 619 g/mol. The molecule has 0 aromatic heterocycles. The first kappa shape index (κ1) is 27.4. The van der Waals surface area contributed by atoms with Crippen molar-refractivity contribution < 1.29 is 19.2 Å². The van der Waals surface area contributed by atoms with Crippen LogP contribution in [0.4, 0.5) is 22.7 Å². The van der Waals surface area contributed by atoms with Gasteiger partial charge in [0.15, 0.2) is 0 Å². The van der Waals surface area contributed by atoms with Crippen molar-refractivity contribution in [2.45, 2.75) is 0 Å². The Morgan fingerprint density at radius 1 is 0.409 bits per heavy atom. The largest absolute Gasteiger partial charge is 0.399 e. The molecule has 0 unspecified atom stereocenters. The first-order valence-corrected chi connectivity index (χ1v) is 14.1. The van der Waals surface area contributed by atoms with Crippen molar-refractivity contribution in [1.29, 1.82) is 0 Å². The molecule has 0 saturated heterocycles. The first-order chi connectivity index (χ1) is 21.1. The Bertz CT molecular complexity index is 1940. The summed E-state index contributed by atoms with van der Waals surface area (Å²) in [4.78, 5) is 55.7. The van der Waals surface area contributed by atoms with Gasteiger partial charge in [-0.3, -0.25) is 19.2 Å². The molecule has 0 fully saturated rings. The predicted octanol–water partition coefficient (Wildman–Crippen LogP) is 7.09. The fourth-order valence-corrected chi connectivity index (χ4v) is 5.99. The Hall–Kier alpha value is -5.44. The van der Waals surface area contributed by atoms with Crippen LogP contribution in [0.2, 0.25) is 10.0 Å². The van der Waals surface area contributed by atoms with Gasteiger partial charge in [-0.05, 0) is 82.9 Å². The van der Waals surface area contributed by atoms with Crippen LogP contribution < -0.4 is 21.3 Å². The fraction of sp³-hybridized carbons (Fsp3) is 0. The number of amides is 4. The lowest BCUT2D eigenvalue weighted by atomic mass is 10.00. The lowest BCUT2D eigenvalue weighted by Crippen LogP contribution is -2.31. The summed E-state index contributed by atoms with van der Waals surface area (Å²) in [6.07, 6.45) is 0. The van der Waals surface area contributed by atoms with Crippen molar-refractivity contribution >= 4 is 69.6 Å². The number of carbonyl (C=O) groups excluding carboxylic acids is 4. The second-order valence-electron chi connectivity index (χ2n) is 10.4. The van der Waals surface area contributed by atoms with E-state index < -0.39 is 23.6 Å². The summed E-state index contributed by atoms with van der Waals surface area (Å²) < 4.78 is 0. The van der Waals surface area contributed by atoms with Crippen LogP contribution in [0.5, 0.6) is 0 Å². The molecule has 5 aromatic rings. The van der Waals surface area contributed by atoms with Gasteiger partial charge in [0.25, 0.3) is 23.6 Å². The van der Waals surface area contributed by atoms with E-state index in [1.54, 1.807) is 60.7 Å². The molecule has 5 aromatic carbocycles. The van der Waals surface area contributed by atoms with Crippen molar-refractivity contribution in [2.24, 2.45) is 0 Å². The highest BCUT2D eigenvalue weighted by Crippen LogP contribution is 2.44. The molecule has 7 rings (SSSR count). The fourth-order valence-electron chi connectivity index (χ4n) is 5.50. The number of hydrogen-bond donors (Lipinski definition) is 2. The number of nitrogens with two attached hydrogens (primary N) is 2. The van der Waals surface area contributed by atoms with Crippen molar-refractivity contribution in [2.75, 3.05) is 21.3 Å². The number of hydrogen-bond acceptors (Lipinski definition) is 6. The number of nitrogens with zero attached hydrogens (tertiary/aromatic N) is 2. The minimum Gasteiger partial charge on any atom is -0.399 e. The second-order valence-corrected chi connectivity index (χ2v) is 11.1. The third kappa shape index (κ3) is 4.15. The number of fused-ring (bicyclic) bond motifs is 2. The number of rotatable bonds is 4. The van der Waals surface area contributed by atoms with Crippen LogP contribution in [-0.2, 0) is 0 Å². The van der Waals surface area contributed by atoms with Crippen LogP contribution in [0.1, 0.15) is 41.4 Å². The summed E-state index contributed by atoms with van der Waals surface area (Å²) in [5.41, 5.74) is 16.8. The lowest BCUT2D eigenvalue weighted by Gasteiger charge is -2.21. The molecular formula is C34H20Cl2N4O4. The van der Waals surface area contributed by atoms with Crippen LogP contribution in [0.3, 0.4) is 0 Å². The predicted molar refractivity (Wildman–Crippen MR) is 171 cm³/mol. The minimum absolute atomic E-state index is 0.0305. The molecule has 0 saturated carbocycles. The number of carbonyl (C=O) groups is 4. The van der Waals surface area contributed by atoms with E-state index in [-0.39, 0.29) is 43.7 Å². The van der Waals surface area contributed by atoms with Gasteiger partial charge >= 0.3 is 0 Å². The van der Waals surface area contributed by atoms with E-state index in [2.05, 4.69) is 0 Å². The Balaban J connectivity index is 1.21. The Labute approximate surface area is 261 Å². The smallest absolute Gasteiger partial charge is 0.266 e. The summed E-state index contributed by atoms with van der Waals surface area (Å²) in [6.45, 7) is 0. The molecule has 0 bridgehead atoms. The highest BCUT2D eigenvalue weighted by Gasteiger charge is 2.41. The normalized spacial score (nSPS) is 14.0. The van der Waals surface area contributed by atoms with Gasteiger partial charge in [-0.15, -0.1) is 0 Å². The second kappa shape index (κ2) is 10.1. The van der Waals surface area contributed by atoms with E-state index in [0.717, 1.165) is 32.1 Å². The van der Waals surface area contributed by atoms with Crippen molar-refractivity contribution in [3.63, 3.8) is 0 Å². The van der Waals surface area contributed by atoms with Crippen LogP contribution in [-0.4, -0.2) is 23.6 Å². The molecule has 0 atom stereocenters. The quantitative estimate of drug-likeness (QED) is 0.163. The zero-order valence-electron chi connectivity index (χ0n) is 22.7. The maximum absolute atomic E-state index is 13.5. The Morgan fingerprint density at radius 3 is 1.09 bits per heavy atom. The van der Waals surface area contributed by atoms with Gasteiger partial charge in [-0.2, -0.15) is 0 Å². The number of nitrogen functional groups attached to an aromatic ring is 2. The summed E-state index contributed by atoms with van der Waals surface area (Å²) in [5, 5.41) is -0.312. The molecule has 2 aliphatic heterocycles. The monoisotopic (exact) mass is 618 g/mol. The molecular weight excluding hydrogens is 599 g/mol. The van der Waals surface area contributed by atoms with Crippen LogP contribution in [0.25, 0.3) is 22.3 Å². The van der Waals surface area contributed by atoms with E-state index in [9.17, 15) is 19.2 Å². The molecule has 4 N–H and O–H groups in total. The molecule has 2 heterocycles. The van der Waals surface area contributed by atoms with Gasteiger partial charge in [0.05, 0.1) is 43.7 Å². The topological polar surface area (TPSA) is 127 Å². The van der Waals surface area contributed by atoms with E-state index in [1.807, 2.05) is 24.3 Å². The van der Waals surface area contributed by atoms with Crippen LogP contribution in [0.15, 0.2) is 97.1 Å². The molecule has 4 amide bonds. The number of anilines is 4. The molecule has 44 heavy (non-hydrogen) atoms. The van der Waals surface area contributed by atoms with Crippen molar-refractivity contribution in [3.05, 3.63) is 129 Å². The molecule has 0 aliphatic carbocycles. The maximum atomic E-state index is 13.5. The number of imide groups is 2. The molecule has 0 radical (unpaired) electrons. The summed E-state index contributed by atoms with van der Waals surface area (Å²) >= 11 is 13.3. The average Bonchev–Trinajstić information content (AvgIpc) is 3.42. The number of benzene rings is 5. The minimum atomic E-state index is -0.580. The van der Waals surface area contributed by atoms with Gasteiger partial charge < -0.3 is 11.5 Å². The zero-order chi connectivity index (χ0) is 30.9. The van der Waals surface area contributed by atoms with E-state index in [1.165, 1.54) is 12.1 Å². The Morgan fingerprint density at radius 2 is 0.727 bits per heavy atom. The SMILES string of the molecule is Nc1ccc(-c2ccc3c(c2)C(=O)N(c2ccc(N4C(=O)c5ccc(-c6ccc(N)cc6)cc5C4=O)c(Cl)c2Cl)C3=O)cc1. The van der Waals surface area contributed by atoms with Crippen molar-refractivity contribution in [3.8, 4) is 22.3 Å².